The van der Waals surface area contributed by atoms with Gasteiger partial charge in [0.25, 0.3) is 0 Å². The summed E-state index contributed by atoms with van der Waals surface area (Å²) in [5.41, 5.74) is 6.11. The van der Waals surface area contributed by atoms with Crippen molar-refractivity contribution in [3.8, 4) is 5.75 Å². The first-order valence-electron chi connectivity index (χ1n) is 3.97. The third-order valence-corrected chi connectivity index (χ3v) is 2.18. The SMILES string of the molecule is COc1c(Cl)ccc2cnc(N)nc12. The Hall–Kier alpha value is -1.55. The first-order chi connectivity index (χ1) is 6.72. The predicted molar refractivity (Wildman–Crippen MR) is 55.5 cm³/mol. The second-order valence-corrected chi connectivity index (χ2v) is 3.15. The molecule has 0 aliphatic carbocycles. The van der Waals surface area contributed by atoms with Crippen LogP contribution in [0.5, 0.6) is 5.75 Å². The molecule has 4 nitrogen and oxygen atoms in total. The smallest absolute Gasteiger partial charge is 0.220 e. The first-order valence-corrected chi connectivity index (χ1v) is 4.35. The molecule has 14 heavy (non-hydrogen) atoms. The number of aromatic nitrogens is 2. The summed E-state index contributed by atoms with van der Waals surface area (Å²) in [7, 11) is 1.54. The number of ether oxygens (including phenoxy) is 1. The summed E-state index contributed by atoms with van der Waals surface area (Å²) in [5.74, 6) is 0.733. The van der Waals surface area contributed by atoms with E-state index in [1.54, 1.807) is 19.4 Å². The Balaban J connectivity index is 2.84. The van der Waals surface area contributed by atoms with E-state index in [-0.39, 0.29) is 5.95 Å². The van der Waals surface area contributed by atoms with Crippen LogP contribution in [-0.4, -0.2) is 17.1 Å². The van der Waals surface area contributed by atoms with Crippen LogP contribution in [0.1, 0.15) is 0 Å². The highest BCUT2D eigenvalue weighted by Gasteiger charge is 2.08. The predicted octanol–water partition coefficient (Wildman–Crippen LogP) is 1.87. The van der Waals surface area contributed by atoms with Gasteiger partial charge in [-0.3, -0.25) is 0 Å². The number of nitrogen functional groups attached to an aromatic ring is 1. The third-order valence-electron chi connectivity index (χ3n) is 1.88. The number of nitrogens with two attached hydrogens (primary N) is 1. The Morgan fingerprint density at radius 2 is 2.21 bits per heavy atom. The number of hydrogen-bond acceptors (Lipinski definition) is 4. The molecule has 0 radical (unpaired) electrons. The number of nitrogens with zero attached hydrogens (tertiary/aromatic N) is 2. The van der Waals surface area contributed by atoms with Gasteiger partial charge in [0.2, 0.25) is 5.95 Å². The number of fused-ring (bicyclic) bond motifs is 1. The van der Waals surface area contributed by atoms with Crippen molar-refractivity contribution in [1.29, 1.82) is 0 Å². The van der Waals surface area contributed by atoms with E-state index in [0.29, 0.717) is 16.3 Å². The highest BCUT2D eigenvalue weighted by Crippen LogP contribution is 2.31. The van der Waals surface area contributed by atoms with Gasteiger partial charge in [-0.25, -0.2) is 9.97 Å². The first kappa shape index (κ1) is 9.02. The second-order valence-electron chi connectivity index (χ2n) is 2.75. The van der Waals surface area contributed by atoms with Gasteiger partial charge >= 0.3 is 0 Å². The highest BCUT2D eigenvalue weighted by molar-refractivity contribution is 6.33. The summed E-state index contributed by atoms with van der Waals surface area (Å²) < 4.78 is 5.14. The van der Waals surface area contributed by atoms with Crippen LogP contribution in [0, 0.1) is 0 Å². The third kappa shape index (κ3) is 1.33. The topological polar surface area (TPSA) is 61.0 Å². The molecule has 0 spiro atoms. The fourth-order valence-corrected chi connectivity index (χ4v) is 1.48. The number of anilines is 1. The largest absolute Gasteiger partial charge is 0.493 e. The van der Waals surface area contributed by atoms with E-state index in [2.05, 4.69) is 9.97 Å². The van der Waals surface area contributed by atoms with E-state index in [1.807, 2.05) is 6.07 Å². The maximum Gasteiger partial charge on any atom is 0.220 e. The lowest BCUT2D eigenvalue weighted by Gasteiger charge is -2.06. The summed E-state index contributed by atoms with van der Waals surface area (Å²) in [6.45, 7) is 0. The van der Waals surface area contributed by atoms with Gasteiger partial charge in [-0.15, -0.1) is 0 Å². The lowest BCUT2D eigenvalue weighted by Crippen LogP contribution is -1.96. The molecule has 2 N–H and O–H groups in total. The number of halogens is 1. The fraction of sp³-hybridized carbons (Fsp3) is 0.111. The van der Waals surface area contributed by atoms with Crippen LogP contribution in [0.15, 0.2) is 18.3 Å². The van der Waals surface area contributed by atoms with Crippen LogP contribution < -0.4 is 10.5 Å². The summed E-state index contributed by atoms with van der Waals surface area (Å²) in [5, 5.41) is 1.36. The molecule has 2 rings (SSSR count). The van der Waals surface area contributed by atoms with E-state index in [4.69, 9.17) is 22.1 Å². The monoisotopic (exact) mass is 209 g/mol. The van der Waals surface area contributed by atoms with Gasteiger partial charge in [0.05, 0.1) is 12.1 Å². The summed E-state index contributed by atoms with van der Waals surface area (Å²) >= 11 is 5.93. The minimum Gasteiger partial charge on any atom is -0.493 e. The van der Waals surface area contributed by atoms with Gasteiger partial charge in [0.1, 0.15) is 5.52 Å². The van der Waals surface area contributed by atoms with Crippen LogP contribution in [0.2, 0.25) is 5.02 Å². The Bertz CT molecular complexity index is 481. The number of hydrogen-bond donors (Lipinski definition) is 1. The molecule has 0 amide bonds. The number of rotatable bonds is 1. The lowest BCUT2D eigenvalue weighted by molar-refractivity contribution is 0.419. The van der Waals surface area contributed by atoms with Gasteiger partial charge in [-0.2, -0.15) is 0 Å². The Morgan fingerprint density at radius 1 is 1.43 bits per heavy atom. The van der Waals surface area contributed by atoms with E-state index < -0.39 is 0 Å². The Morgan fingerprint density at radius 3 is 2.93 bits per heavy atom. The minimum atomic E-state index is 0.207. The van der Waals surface area contributed by atoms with Gasteiger partial charge < -0.3 is 10.5 Å². The van der Waals surface area contributed by atoms with E-state index in [9.17, 15) is 0 Å². The zero-order valence-corrected chi connectivity index (χ0v) is 8.25. The highest BCUT2D eigenvalue weighted by atomic mass is 35.5. The van der Waals surface area contributed by atoms with Crippen LogP contribution in [0.3, 0.4) is 0 Å². The van der Waals surface area contributed by atoms with Crippen LogP contribution in [-0.2, 0) is 0 Å². The molecule has 1 heterocycles. The lowest BCUT2D eigenvalue weighted by atomic mass is 10.2. The normalized spacial score (nSPS) is 10.4. The molecule has 5 heteroatoms. The van der Waals surface area contributed by atoms with E-state index in [1.165, 1.54) is 0 Å². The molecule has 0 atom stereocenters. The quantitative estimate of drug-likeness (QED) is 0.779. The average Bonchev–Trinajstić information content (AvgIpc) is 2.17. The van der Waals surface area contributed by atoms with Crippen LogP contribution >= 0.6 is 11.6 Å². The molecule has 1 aromatic carbocycles. The maximum absolute atomic E-state index is 5.93. The molecule has 1 aromatic heterocycles. The standard InChI is InChI=1S/C9H8ClN3O/c1-14-8-6(10)3-2-5-4-12-9(11)13-7(5)8/h2-4H,1H3,(H2,11,12,13). The molecule has 0 unspecified atom stereocenters. The molecule has 72 valence electrons. The van der Waals surface area contributed by atoms with Crippen molar-refractivity contribution < 1.29 is 4.74 Å². The van der Waals surface area contributed by atoms with Crippen molar-refractivity contribution in [2.45, 2.75) is 0 Å². The minimum absolute atomic E-state index is 0.207. The molecule has 0 fully saturated rings. The van der Waals surface area contributed by atoms with Crippen molar-refractivity contribution in [3.63, 3.8) is 0 Å². The molecule has 0 saturated heterocycles. The molecule has 0 aliphatic heterocycles. The maximum atomic E-state index is 5.93. The van der Waals surface area contributed by atoms with Crippen molar-refractivity contribution in [2.24, 2.45) is 0 Å². The van der Waals surface area contributed by atoms with Crippen molar-refractivity contribution in [3.05, 3.63) is 23.4 Å². The zero-order valence-electron chi connectivity index (χ0n) is 7.49. The molecular formula is C9H8ClN3O. The Labute approximate surface area is 85.7 Å². The van der Waals surface area contributed by atoms with E-state index >= 15 is 0 Å². The molecular weight excluding hydrogens is 202 g/mol. The molecule has 0 saturated carbocycles. The van der Waals surface area contributed by atoms with E-state index in [0.717, 1.165) is 5.39 Å². The number of benzene rings is 1. The summed E-state index contributed by atoms with van der Waals surface area (Å²) in [6.07, 6.45) is 1.64. The van der Waals surface area contributed by atoms with Crippen molar-refractivity contribution in [2.75, 3.05) is 12.8 Å². The van der Waals surface area contributed by atoms with Gasteiger partial charge in [0, 0.05) is 11.6 Å². The zero-order chi connectivity index (χ0) is 10.1. The van der Waals surface area contributed by atoms with Gasteiger partial charge in [0.15, 0.2) is 5.75 Å². The van der Waals surface area contributed by atoms with Crippen molar-refractivity contribution in [1.82, 2.24) is 9.97 Å². The molecule has 0 aliphatic rings. The molecule has 2 aromatic rings. The van der Waals surface area contributed by atoms with Gasteiger partial charge in [-0.05, 0) is 12.1 Å². The fourth-order valence-electron chi connectivity index (χ4n) is 1.25. The second kappa shape index (κ2) is 3.31. The van der Waals surface area contributed by atoms with Crippen LogP contribution in [0.25, 0.3) is 10.9 Å². The summed E-state index contributed by atoms with van der Waals surface area (Å²) in [4.78, 5) is 7.94. The van der Waals surface area contributed by atoms with Crippen LogP contribution in [0.4, 0.5) is 5.95 Å². The Kier molecular flexibility index (Phi) is 2.13. The average molecular weight is 210 g/mol. The number of methoxy groups -OCH3 is 1. The van der Waals surface area contributed by atoms with Crippen molar-refractivity contribution >= 4 is 28.5 Å². The van der Waals surface area contributed by atoms with Gasteiger partial charge in [-0.1, -0.05) is 11.6 Å². The molecule has 0 bridgehead atoms. The summed E-state index contributed by atoms with van der Waals surface area (Å²) in [6, 6.07) is 3.56.